The van der Waals surface area contributed by atoms with Gasteiger partial charge in [0.1, 0.15) is 6.04 Å². The van der Waals surface area contributed by atoms with E-state index in [0.29, 0.717) is 25.1 Å². The molecule has 2 aliphatic heterocycles. The van der Waals surface area contributed by atoms with E-state index in [-0.39, 0.29) is 24.1 Å². The minimum Gasteiger partial charge on any atom is -0.322 e. The van der Waals surface area contributed by atoms with Crippen LogP contribution in [0, 0.1) is 0 Å². The van der Waals surface area contributed by atoms with E-state index in [9.17, 15) is 14.4 Å². The lowest BCUT2D eigenvalue weighted by Crippen LogP contribution is -2.52. The SMILES string of the molecule is O=C1CCC(N2Cc3cc(CCCOSI)ccc3C2=O)C(=O)N1. The van der Waals surface area contributed by atoms with Crippen molar-refractivity contribution < 1.29 is 18.6 Å². The molecule has 1 atom stereocenters. The summed E-state index contributed by atoms with van der Waals surface area (Å²) in [7, 11) is 1.33. The Bertz CT molecular complexity index is 682. The molecule has 3 amide bonds. The zero-order valence-corrected chi connectivity index (χ0v) is 15.9. The smallest absolute Gasteiger partial charge is 0.255 e. The minimum atomic E-state index is -0.555. The van der Waals surface area contributed by atoms with Gasteiger partial charge < -0.3 is 9.08 Å². The van der Waals surface area contributed by atoms with E-state index in [4.69, 9.17) is 4.18 Å². The Balaban J connectivity index is 1.68. The molecule has 8 heteroatoms. The molecule has 1 unspecified atom stereocenters. The lowest BCUT2D eigenvalue weighted by atomic mass is 10.0. The summed E-state index contributed by atoms with van der Waals surface area (Å²) in [5.74, 6) is -0.772. The standard InChI is InChI=1S/C16H17IN2O4S/c17-24-23-7-1-2-10-3-4-12-11(8-10)9-19(16(12)22)13-5-6-14(20)18-15(13)21/h3-4,8,13H,1-2,5-7,9H2,(H,18,20,21). The minimum absolute atomic E-state index is 0.129. The van der Waals surface area contributed by atoms with Crippen LogP contribution in [-0.2, 0) is 26.7 Å². The molecule has 0 aliphatic carbocycles. The molecule has 0 radical (unpaired) electrons. The summed E-state index contributed by atoms with van der Waals surface area (Å²) in [6, 6.07) is 5.28. The number of rotatable bonds is 6. The third-order valence-corrected chi connectivity index (χ3v) is 5.34. The van der Waals surface area contributed by atoms with Gasteiger partial charge in [0.25, 0.3) is 5.91 Å². The highest BCUT2D eigenvalue weighted by molar-refractivity contribution is 14.2. The zero-order chi connectivity index (χ0) is 17.1. The number of halogens is 1. The molecule has 0 spiro atoms. The van der Waals surface area contributed by atoms with Gasteiger partial charge in [0.15, 0.2) is 0 Å². The number of nitrogens with zero attached hydrogens (tertiary/aromatic N) is 1. The number of imide groups is 1. The molecule has 0 aromatic heterocycles. The molecule has 1 aromatic rings. The van der Waals surface area contributed by atoms with Crippen LogP contribution in [-0.4, -0.2) is 35.3 Å². The Morgan fingerprint density at radius 3 is 2.92 bits per heavy atom. The Hall–Kier alpha value is -1.13. The first-order chi connectivity index (χ1) is 11.6. The summed E-state index contributed by atoms with van der Waals surface area (Å²) in [6.07, 6.45) is 2.47. The maximum absolute atomic E-state index is 12.6. The Labute approximate surface area is 156 Å². The number of piperidine rings is 1. The first kappa shape index (κ1) is 17.7. The average molecular weight is 460 g/mol. The number of aryl methyl sites for hydroxylation is 1. The number of carbonyl (C=O) groups excluding carboxylic acids is 3. The van der Waals surface area contributed by atoms with Crippen LogP contribution in [0.25, 0.3) is 0 Å². The highest BCUT2D eigenvalue weighted by Gasteiger charge is 2.38. The van der Waals surface area contributed by atoms with Crippen molar-refractivity contribution in [2.45, 2.75) is 38.3 Å². The van der Waals surface area contributed by atoms with Crippen molar-refractivity contribution in [1.82, 2.24) is 10.2 Å². The predicted molar refractivity (Wildman–Crippen MR) is 98.4 cm³/mol. The van der Waals surface area contributed by atoms with E-state index < -0.39 is 6.04 Å². The number of fused-ring (bicyclic) bond motifs is 1. The summed E-state index contributed by atoms with van der Waals surface area (Å²) in [6.45, 7) is 1.11. The van der Waals surface area contributed by atoms with E-state index in [2.05, 4.69) is 26.5 Å². The first-order valence-electron chi connectivity index (χ1n) is 7.77. The Kier molecular flexibility index (Phi) is 5.77. The van der Waals surface area contributed by atoms with E-state index in [0.717, 1.165) is 24.0 Å². The van der Waals surface area contributed by atoms with Crippen molar-refractivity contribution in [1.29, 1.82) is 0 Å². The number of benzene rings is 1. The van der Waals surface area contributed by atoms with Gasteiger partial charge in [-0.25, -0.2) is 0 Å². The highest BCUT2D eigenvalue weighted by atomic mass is 127. The number of hydrogen-bond donors (Lipinski definition) is 1. The zero-order valence-electron chi connectivity index (χ0n) is 12.9. The number of hydrogen-bond acceptors (Lipinski definition) is 5. The molecule has 24 heavy (non-hydrogen) atoms. The van der Waals surface area contributed by atoms with Gasteiger partial charge in [-0.2, -0.15) is 0 Å². The van der Waals surface area contributed by atoms with Gasteiger partial charge in [0.05, 0.1) is 15.8 Å². The highest BCUT2D eigenvalue weighted by Crippen LogP contribution is 2.28. The molecule has 128 valence electrons. The van der Waals surface area contributed by atoms with Crippen LogP contribution in [0.5, 0.6) is 0 Å². The number of nitrogens with one attached hydrogen (secondary N) is 1. The summed E-state index contributed by atoms with van der Waals surface area (Å²) in [4.78, 5) is 37.4. The van der Waals surface area contributed by atoms with Crippen LogP contribution in [0.15, 0.2) is 18.2 Å². The second kappa shape index (κ2) is 7.83. The van der Waals surface area contributed by atoms with E-state index in [1.54, 1.807) is 4.90 Å². The van der Waals surface area contributed by atoms with Gasteiger partial charge in [0.2, 0.25) is 11.8 Å². The number of carbonyl (C=O) groups is 3. The van der Waals surface area contributed by atoms with Crippen LogP contribution in [0.1, 0.15) is 40.7 Å². The topological polar surface area (TPSA) is 75.7 Å². The van der Waals surface area contributed by atoms with E-state index in [1.807, 2.05) is 18.2 Å². The molecule has 1 N–H and O–H groups in total. The van der Waals surface area contributed by atoms with Crippen LogP contribution in [0.2, 0.25) is 0 Å². The predicted octanol–water partition coefficient (Wildman–Crippen LogP) is 2.39. The molecule has 2 aliphatic rings. The van der Waals surface area contributed by atoms with Crippen molar-refractivity contribution in [3.63, 3.8) is 0 Å². The maximum Gasteiger partial charge on any atom is 0.255 e. The third-order valence-electron chi connectivity index (χ3n) is 4.33. The molecule has 1 aromatic carbocycles. The van der Waals surface area contributed by atoms with Gasteiger partial charge >= 0.3 is 0 Å². The summed E-state index contributed by atoms with van der Waals surface area (Å²) >= 11 is 2.09. The van der Waals surface area contributed by atoms with Gasteiger partial charge in [-0.05, 0) is 36.5 Å². The average Bonchev–Trinajstić information content (AvgIpc) is 2.88. The molecule has 2 heterocycles. The van der Waals surface area contributed by atoms with Gasteiger partial charge in [-0.3, -0.25) is 19.7 Å². The van der Waals surface area contributed by atoms with Crippen LogP contribution >= 0.6 is 30.4 Å². The van der Waals surface area contributed by atoms with Crippen LogP contribution in [0.4, 0.5) is 0 Å². The second-order valence-corrected chi connectivity index (χ2v) is 7.32. The van der Waals surface area contributed by atoms with Crippen molar-refractivity contribution >= 4 is 48.1 Å². The Morgan fingerprint density at radius 2 is 2.17 bits per heavy atom. The molecule has 3 rings (SSSR count). The first-order valence-corrected chi connectivity index (χ1v) is 11.0. The largest absolute Gasteiger partial charge is 0.322 e. The fourth-order valence-electron chi connectivity index (χ4n) is 3.15. The molecule has 1 saturated heterocycles. The molecule has 0 bridgehead atoms. The van der Waals surface area contributed by atoms with Gasteiger partial charge in [0, 0.05) is 39.7 Å². The second-order valence-electron chi connectivity index (χ2n) is 5.88. The molecule has 0 saturated carbocycles. The monoisotopic (exact) mass is 460 g/mol. The van der Waals surface area contributed by atoms with Gasteiger partial charge in [-0.1, -0.05) is 12.1 Å². The normalized spacial score (nSPS) is 20.3. The van der Waals surface area contributed by atoms with Crippen LogP contribution in [0.3, 0.4) is 0 Å². The van der Waals surface area contributed by atoms with Crippen molar-refractivity contribution in [2.75, 3.05) is 6.61 Å². The van der Waals surface area contributed by atoms with Crippen LogP contribution < -0.4 is 5.32 Å². The lowest BCUT2D eigenvalue weighted by molar-refractivity contribution is -0.136. The summed E-state index contributed by atoms with van der Waals surface area (Å²) in [5, 5.41) is 2.32. The Morgan fingerprint density at radius 1 is 1.33 bits per heavy atom. The summed E-state index contributed by atoms with van der Waals surface area (Å²) < 4.78 is 5.25. The van der Waals surface area contributed by atoms with E-state index >= 15 is 0 Å². The molecule has 1 fully saturated rings. The lowest BCUT2D eigenvalue weighted by Gasteiger charge is -2.29. The molecular weight excluding hydrogens is 443 g/mol. The van der Waals surface area contributed by atoms with E-state index in [1.165, 1.54) is 9.21 Å². The number of amides is 3. The molecule has 6 nitrogen and oxygen atoms in total. The maximum atomic E-state index is 12.6. The van der Waals surface area contributed by atoms with Crippen molar-refractivity contribution in [3.8, 4) is 0 Å². The quantitative estimate of drug-likeness (QED) is 0.306. The van der Waals surface area contributed by atoms with Crippen molar-refractivity contribution in [2.24, 2.45) is 0 Å². The fraction of sp³-hybridized carbons (Fsp3) is 0.438. The summed E-state index contributed by atoms with van der Waals surface area (Å²) in [5.41, 5.74) is 2.77. The third kappa shape index (κ3) is 3.75. The van der Waals surface area contributed by atoms with Gasteiger partial charge in [-0.15, -0.1) is 0 Å². The van der Waals surface area contributed by atoms with Crippen molar-refractivity contribution in [3.05, 3.63) is 34.9 Å². The molecular formula is C16H17IN2O4S. The fourth-order valence-corrected chi connectivity index (χ4v) is 3.87.